The van der Waals surface area contributed by atoms with Crippen molar-refractivity contribution in [3.8, 4) is 0 Å². The molecule has 0 aliphatic rings. The first-order valence-electron chi connectivity index (χ1n) is 6.29. The number of aryl methyl sites for hydroxylation is 1. The van der Waals surface area contributed by atoms with Crippen LogP contribution in [0.3, 0.4) is 0 Å². The Morgan fingerprint density at radius 3 is 2.74 bits per heavy atom. The number of hydrogen-bond donors (Lipinski definition) is 2. The quantitative estimate of drug-likeness (QED) is 0.586. The van der Waals surface area contributed by atoms with E-state index in [9.17, 15) is 5.21 Å². The number of aliphatic hydroxyl groups is 1. The van der Waals surface area contributed by atoms with Crippen LogP contribution in [0.15, 0.2) is 34.4 Å². The largest absolute Gasteiger partial charge is 0.392 e. The number of rotatable bonds is 7. The molecule has 0 spiro atoms. The zero-order chi connectivity index (χ0) is 14.4. The van der Waals surface area contributed by atoms with E-state index in [4.69, 9.17) is 9.63 Å². The molecule has 5 heteroatoms. The fraction of sp³-hybridized carbons (Fsp3) is 0.500. The number of allylic oxidation sites excluding steroid dienone is 1. The van der Waals surface area contributed by atoms with Crippen LogP contribution in [0.25, 0.3) is 0 Å². The Morgan fingerprint density at radius 1 is 1.58 bits per heavy atom. The molecule has 0 saturated carbocycles. The van der Waals surface area contributed by atoms with Gasteiger partial charge in [0.1, 0.15) is 5.76 Å². The van der Waals surface area contributed by atoms with Crippen molar-refractivity contribution < 1.29 is 14.8 Å². The first-order valence-corrected chi connectivity index (χ1v) is 6.29. The lowest BCUT2D eigenvalue weighted by atomic mass is 10.0. The van der Waals surface area contributed by atoms with E-state index >= 15 is 0 Å². The summed E-state index contributed by atoms with van der Waals surface area (Å²) in [5.74, 6) is 1.03. The average Bonchev–Trinajstić information content (AvgIpc) is 2.75. The van der Waals surface area contributed by atoms with Gasteiger partial charge >= 0.3 is 0 Å². The van der Waals surface area contributed by atoms with Crippen molar-refractivity contribution in [2.24, 2.45) is 0 Å². The maximum Gasteiger partial charge on any atom is 0.196 e. The highest BCUT2D eigenvalue weighted by Gasteiger charge is 2.20. The van der Waals surface area contributed by atoms with Crippen molar-refractivity contribution in [2.45, 2.75) is 39.7 Å². The van der Waals surface area contributed by atoms with Crippen molar-refractivity contribution in [1.29, 1.82) is 0 Å². The Labute approximate surface area is 113 Å². The van der Waals surface area contributed by atoms with Gasteiger partial charge in [0, 0.05) is 6.07 Å². The smallest absolute Gasteiger partial charge is 0.196 e. The molecule has 0 fully saturated rings. The molecular formula is C14H22N2O3. The minimum Gasteiger partial charge on any atom is -0.392 e. The minimum atomic E-state index is -0.230. The van der Waals surface area contributed by atoms with Crippen LogP contribution in [0.5, 0.6) is 0 Å². The van der Waals surface area contributed by atoms with E-state index in [0.717, 1.165) is 22.6 Å². The Hall–Kier alpha value is -1.59. The average molecular weight is 266 g/mol. The van der Waals surface area contributed by atoms with Gasteiger partial charge in [-0.3, -0.25) is 5.21 Å². The molecule has 1 atom stereocenters. The normalized spacial score (nSPS) is 13.4. The Bertz CT molecular complexity index is 451. The molecule has 0 bridgehead atoms. The van der Waals surface area contributed by atoms with Gasteiger partial charge in [-0.1, -0.05) is 29.0 Å². The highest BCUT2D eigenvalue weighted by atomic mass is 16.5. The lowest BCUT2D eigenvalue weighted by Crippen LogP contribution is -2.33. The number of hydrogen-bond acceptors (Lipinski definition) is 5. The van der Waals surface area contributed by atoms with Crippen LogP contribution < -0.4 is 5.06 Å². The highest BCUT2D eigenvalue weighted by molar-refractivity contribution is 5.38. The lowest BCUT2D eigenvalue weighted by Gasteiger charge is -2.26. The number of hydroxylamine groups is 1. The van der Waals surface area contributed by atoms with Crippen LogP contribution in [0.4, 0.5) is 5.82 Å². The first kappa shape index (κ1) is 15.5. The van der Waals surface area contributed by atoms with Crippen LogP contribution in [0.1, 0.15) is 32.4 Å². The summed E-state index contributed by atoms with van der Waals surface area (Å²) in [5, 5.41) is 23.9. The van der Waals surface area contributed by atoms with Crippen LogP contribution >= 0.6 is 0 Å². The molecule has 1 heterocycles. The molecule has 0 saturated heterocycles. The second-order valence-corrected chi connectivity index (χ2v) is 4.77. The van der Waals surface area contributed by atoms with Crippen LogP contribution in [-0.2, 0) is 0 Å². The van der Waals surface area contributed by atoms with Gasteiger partial charge in [0.2, 0.25) is 0 Å². The SMILES string of the molecule is C=C(C)C(CC/C(C)=C/CO)N(O)c1cc(C)on1. The zero-order valence-corrected chi connectivity index (χ0v) is 11.8. The van der Waals surface area contributed by atoms with Gasteiger partial charge in [-0.15, -0.1) is 0 Å². The summed E-state index contributed by atoms with van der Waals surface area (Å²) in [7, 11) is 0. The maximum atomic E-state index is 10.2. The van der Waals surface area contributed by atoms with Crippen molar-refractivity contribution in [3.63, 3.8) is 0 Å². The summed E-state index contributed by atoms with van der Waals surface area (Å²) < 4.78 is 4.95. The topological polar surface area (TPSA) is 69.7 Å². The zero-order valence-electron chi connectivity index (χ0n) is 11.8. The molecular weight excluding hydrogens is 244 g/mol. The van der Waals surface area contributed by atoms with Crippen LogP contribution in [0.2, 0.25) is 0 Å². The van der Waals surface area contributed by atoms with Gasteiger partial charge in [0.25, 0.3) is 0 Å². The standard InChI is InChI=1S/C14H22N2O3/c1-10(2)13(6-5-11(3)7-8-17)16(18)14-9-12(4)19-15-14/h7,9,13,17-18H,1,5-6,8H2,2-4H3/b11-7+. The monoisotopic (exact) mass is 266 g/mol. The molecule has 106 valence electrons. The summed E-state index contributed by atoms with van der Waals surface area (Å²) >= 11 is 0. The van der Waals surface area contributed by atoms with Crippen molar-refractivity contribution in [3.05, 3.63) is 35.6 Å². The third kappa shape index (κ3) is 4.54. The fourth-order valence-corrected chi connectivity index (χ4v) is 1.82. The van der Waals surface area contributed by atoms with E-state index in [-0.39, 0.29) is 12.6 Å². The van der Waals surface area contributed by atoms with E-state index in [1.807, 2.05) is 13.8 Å². The summed E-state index contributed by atoms with van der Waals surface area (Å²) in [5.41, 5.74) is 1.93. The van der Waals surface area contributed by atoms with E-state index in [0.29, 0.717) is 18.0 Å². The van der Waals surface area contributed by atoms with Gasteiger partial charge in [-0.25, -0.2) is 5.06 Å². The Morgan fingerprint density at radius 2 is 2.26 bits per heavy atom. The predicted molar refractivity (Wildman–Crippen MR) is 74.2 cm³/mol. The number of aromatic nitrogens is 1. The molecule has 1 unspecified atom stereocenters. The molecule has 1 rings (SSSR count). The molecule has 5 nitrogen and oxygen atoms in total. The van der Waals surface area contributed by atoms with Gasteiger partial charge in [-0.2, -0.15) is 0 Å². The number of nitrogens with zero attached hydrogens (tertiary/aromatic N) is 2. The molecule has 19 heavy (non-hydrogen) atoms. The van der Waals surface area contributed by atoms with Crippen LogP contribution in [-0.4, -0.2) is 28.1 Å². The van der Waals surface area contributed by atoms with Crippen molar-refractivity contribution in [2.75, 3.05) is 11.7 Å². The highest BCUT2D eigenvalue weighted by Crippen LogP contribution is 2.22. The molecule has 2 N–H and O–H groups in total. The molecule has 0 aromatic carbocycles. The summed E-state index contributed by atoms with van der Waals surface area (Å²) in [6.45, 7) is 9.53. The molecule has 0 aliphatic carbocycles. The molecule has 1 aromatic rings. The van der Waals surface area contributed by atoms with E-state index in [1.54, 1.807) is 19.1 Å². The summed E-state index contributed by atoms with van der Waals surface area (Å²) in [4.78, 5) is 0. The van der Waals surface area contributed by atoms with Crippen molar-refractivity contribution in [1.82, 2.24) is 5.16 Å². The number of anilines is 1. The van der Waals surface area contributed by atoms with Gasteiger partial charge in [0.05, 0.1) is 12.6 Å². The van der Waals surface area contributed by atoms with E-state index < -0.39 is 0 Å². The Kier molecular flexibility index (Phi) is 5.79. The maximum absolute atomic E-state index is 10.2. The Balaban J connectivity index is 2.72. The molecule has 0 radical (unpaired) electrons. The molecule has 0 amide bonds. The minimum absolute atomic E-state index is 0.0366. The first-order chi connectivity index (χ1) is 8.95. The summed E-state index contributed by atoms with van der Waals surface area (Å²) in [6.07, 6.45) is 3.23. The van der Waals surface area contributed by atoms with Crippen molar-refractivity contribution >= 4 is 5.82 Å². The van der Waals surface area contributed by atoms with Gasteiger partial charge < -0.3 is 9.63 Å². The van der Waals surface area contributed by atoms with Gasteiger partial charge in [-0.05, 0) is 33.6 Å². The van der Waals surface area contributed by atoms with Crippen LogP contribution in [0, 0.1) is 6.92 Å². The number of aliphatic hydroxyl groups excluding tert-OH is 1. The van der Waals surface area contributed by atoms with Gasteiger partial charge in [0.15, 0.2) is 5.82 Å². The second kappa shape index (κ2) is 7.11. The summed E-state index contributed by atoms with van der Waals surface area (Å²) in [6, 6.07) is 1.44. The molecule has 1 aromatic heterocycles. The second-order valence-electron chi connectivity index (χ2n) is 4.77. The third-order valence-corrected chi connectivity index (χ3v) is 2.97. The lowest BCUT2D eigenvalue weighted by molar-refractivity contribution is 0.215. The molecule has 0 aliphatic heterocycles. The van der Waals surface area contributed by atoms with E-state index in [1.165, 1.54) is 0 Å². The fourth-order valence-electron chi connectivity index (χ4n) is 1.82. The third-order valence-electron chi connectivity index (χ3n) is 2.97. The van der Waals surface area contributed by atoms with E-state index in [2.05, 4.69) is 11.7 Å². The predicted octanol–water partition coefficient (Wildman–Crippen LogP) is 2.84.